The Kier molecular flexibility index (Phi) is 5.59. The Morgan fingerprint density at radius 2 is 2.15 bits per heavy atom. The molecule has 3 atom stereocenters. The highest BCUT2D eigenvalue weighted by atomic mass is 19.1. The Bertz CT molecular complexity index is 429. The van der Waals surface area contributed by atoms with E-state index in [1.165, 1.54) is 25.7 Å². The van der Waals surface area contributed by atoms with Gasteiger partial charge in [0.25, 0.3) is 0 Å². The predicted octanol–water partition coefficient (Wildman–Crippen LogP) is 5.00. The van der Waals surface area contributed by atoms with Crippen molar-refractivity contribution >= 4 is 0 Å². The first-order chi connectivity index (χ1) is 9.61. The van der Waals surface area contributed by atoms with Gasteiger partial charge in [-0.2, -0.15) is 0 Å². The maximum absolute atomic E-state index is 14.3. The number of nitrogens with one attached hydrogen (secondary N) is 1. The van der Waals surface area contributed by atoms with Crippen molar-refractivity contribution < 1.29 is 4.39 Å². The van der Waals surface area contributed by atoms with Crippen molar-refractivity contribution in [2.24, 2.45) is 11.8 Å². The molecule has 1 aromatic rings. The molecular weight excluding hydrogens is 249 g/mol. The van der Waals surface area contributed by atoms with E-state index in [9.17, 15) is 4.39 Å². The van der Waals surface area contributed by atoms with Crippen molar-refractivity contribution in [3.63, 3.8) is 0 Å². The summed E-state index contributed by atoms with van der Waals surface area (Å²) in [4.78, 5) is 0. The average Bonchev–Trinajstić information content (AvgIpc) is 2.41. The summed E-state index contributed by atoms with van der Waals surface area (Å²) in [7, 11) is 0. The highest BCUT2D eigenvalue weighted by Gasteiger charge is 2.29. The zero-order valence-corrected chi connectivity index (χ0v) is 13.1. The van der Waals surface area contributed by atoms with Gasteiger partial charge in [0.2, 0.25) is 0 Å². The van der Waals surface area contributed by atoms with Crippen molar-refractivity contribution in [3.8, 4) is 0 Å². The molecule has 0 bridgehead atoms. The summed E-state index contributed by atoms with van der Waals surface area (Å²) in [6.45, 7) is 7.40. The third kappa shape index (κ3) is 3.82. The van der Waals surface area contributed by atoms with Crippen molar-refractivity contribution in [1.82, 2.24) is 5.32 Å². The highest BCUT2D eigenvalue weighted by molar-refractivity contribution is 5.26. The van der Waals surface area contributed by atoms with Gasteiger partial charge in [-0.25, -0.2) is 4.39 Å². The molecule has 0 aromatic heterocycles. The number of hydrogen-bond acceptors (Lipinski definition) is 1. The fourth-order valence-electron chi connectivity index (χ4n) is 3.50. The Hall–Kier alpha value is -0.890. The number of aryl methyl sites for hydroxylation is 1. The van der Waals surface area contributed by atoms with Crippen LogP contribution >= 0.6 is 0 Å². The van der Waals surface area contributed by atoms with Crippen LogP contribution in [0.2, 0.25) is 0 Å². The van der Waals surface area contributed by atoms with E-state index in [4.69, 9.17) is 0 Å². The van der Waals surface area contributed by atoms with Crippen LogP contribution in [0.5, 0.6) is 0 Å². The first kappa shape index (κ1) is 15.5. The van der Waals surface area contributed by atoms with Crippen LogP contribution in [-0.4, -0.2) is 6.54 Å². The van der Waals surface area contributed by atoms with Gasteiger partial charge in [-0.1, -0.05) is 38.8 Å². The van der Waals surface area contributed by atoms with E-state index < -0.39 is 0 Å². The van der Waals surface area contributed by atoms with Crippen LogP contribution in [0.1, 0.15) is 63.1 Å². The van der Waals surface area contributed by atoms with Crippen molar-refractivity contribution in [3.05, 3.63) is 35.1 Å². The summed E-state index contributed by atoms with van der Waals surface area (Å²) < 4.78 is 14.3. The molecule has 1 saturated carbocycles. The molecule has 1 N–H and O–H groups in total. The summed E-state index contributed by atoms with van der Waals surface area (Å²) in [5, 5.41) is 3.60. The van der Waals surface area contributed by atoms with Gasteiger partial charge in [-0.05, 0) is 56.2 Å². The maximum atomic E-state index is 14.3. The van der Waals surface area contributed by atoms with Gasteiger partial charge in [0.15, 0.2) is 0 Å². The molecule has 1 nitrogen and oxygen atoms in total. The lowest BCUT2D eigenvalue weighted by Gasteiger charge is -2.34. The third-order valence-corrected chi connectivity index (χ3v) is 4.55. The van der Waals surface area contributed by atoms with Gasteiger partial charge in [0.1, 0.15) is 5.82 Å². The summed E-state index contributed by atoms with van der Waals surface area (Å²) in [5.41, 5.74) is 1.86. The molecule has 3 unspecified atom stereocenters. The zero-order chi connectivity index (χ0) is 14.5. The molecule has 2 heteroatoms. The van der Waals surface area contributed by atoms with E-state index in [1.807, 2.05) is 19.1 Å². The molecular formula is C18H28FN. The minimum Gasteiger partial charge on any atom is -0.310 e. The van der Waals surface area contributed by atoms with Crippen molar-refractivity contribution in [2.45, 2.75) is 58.9 Å². The van der Waals surface area contributed by atoms with Crippen LogP contribution in [0, 0.1) is 24.6 Å². The number of halogens is 1. The molecule has 20 heavy (non-hydrogen) atoms. The number of benzene rings is 1. The monoisotopic (exact) mass is 277 g/mol. The van der Waals surface area contributed by atoms with Crippen LogP contribution < -0.4 is 5.32 Å². The molecule has 1 fully saturated rings. The molecule has 0 spiro atoms. The molecule has 0 amide bonds. The topological polar surface area (TPSA) is 12.0 Å². The molecule has 2 rings (SSSR count). The normalized spacial score (nSPS) is 24.6. The van der Waals surface area contributed by atoms with E-state index in [0.717, 1.165) is 30.0 Å². The summed E-state index contributed by atoms with van der Waals surface area (Å²) >= 11 is 0. The van der Waals surface area contributed by atoms with E-state index in [2.05, 4.69) is 19.2 Å². The molecule has 112 valence electrons. The van der Waals surface area contributed by atoms with Crippen LogP contribution in [0.3, 0.4) is 0 Å². The van der Waals surface area contributed by atoms with E-state index >= 15 is 0 Å². The first-order valence-electron chi connectivity index (χ1n) is 8.11. The average molecular weight is 277 g/mol. The van der Waals surface area contributed by atoms with Crippen LogP contribution in [0.4, 0.5) is 4.39 Å². The van der Waals surface area contributed by atoms with Crippen molar-refractivity contribution in [2.75, 3.05) is 6.54 Å². The van der Waals surface area contributed by atoms with Crippen LogP contribution in [0.15, 0.2) is 18.2 Å². The summed E-state index contributed by atoms with van der Waals surface area (Å²) in [6, 6.07) is 5.86. The van der Waals surface area contributed by atoms with Crippen molar-refractivity contribution in [1.29, 1.82) is 0 Å². The minimum absolute atomic E-state index is 0.0446. The highest BCUT2D eigenvalue weighted by Crippen LogP contribution is 2.38. The molecule has 0 radical (unpaired) electrons. The third-order valence-electron chi connectivity index (χ3n) is 4.55. The fourth-order valence-corrected chi connectivity index (χ4v) is 3.50. The smallest absolute Gasteiger partial charge is 0.128 e. The summed E-state index contributed by atoms with van der Waals surface area (Å²) in [6.07, 6.45) is 6.14. The second-order valence-electron chi connectivity index (χ2n) is 6.49. The quantitative estimate of drug-likeness (QED) is 0.798. The number of rotatable bonds is 5. The van der Waals surface area contributed by atoms with E-state index in [-0.39, 0.29) is 11.9 Å². The molecule has 1 aliphatic rings. The second-order valence-corrected chi connectivity index (χ2v) is 6.49. The minimum atomic E-state index is -0.0446. The Balaban J connectivity index is 2.21. The summed E-state index contributed by atoms with van der Waals surface area (Å²) in [5.74, 6) is 1.30. The molecule has 0 aliphatic heterocycles. The maximum Gasteiger partial charge on any atom is 0.128 e. The van der Waals surface area contributed by atoms with Gasteiger partial charge in [-0.3, -0.25) is 0 Å². The van der Waals surface area contributed by atoms with Gasteiger partial charge in [0.05, 0.1) is 0 Å². The Morgan fingerprint density at radius 1 is 1.35 bits per heavy atom. The fraction of sp³-hybridized carbons (Fsp3) is 0.667. The number of hydrogen-bond donors (Lipinski definition) is 1. The van der Waals surface area contributed by atoms with Gasteiger partial charge < -0.3 is 5.32 Å². The van der Waals surface area contributed by atoms with Crippen LogP contribution in [-0.2, 0) is 0 Å². The Labute approximate surface area is 123 Å². The molecule has 1 aliphatic carbocycles. The first-order valence-corrected chi connectivity index (χ1v) is 8.11. The standard InChI is InChI=1S/C18H28FN/c1-4-10-20-18(15-7-5-6-13(2)11-15)16-9-8-14(3)12-17(16)19/h8-9,12-13,15,18,20H,4-7,10-11H2,1-3H3. The van der Waals surface area contributed by atoms with E-state index in [0.29, 0.717) is 5.92 Å². The van der Waals surface area contributed by atoms with Crippen LogP contribution in [0.25, 0.3) is 0 Å². The molecule has 0 heterocycles. The molecule has 1 aromatic carbocycles. The lowest BCUT2D eigenvalue weighted by atomic mass is 9.76. The second kappa shape index (κ2) is 7.21. The van der Waals surface area contributed by atoms with Gasteiger partial charge in [-0.15, -0.1) is 0 Å². The Morgan fingerprint density at radius 3 is 2.80 bits per heavy atom. The largest absolute Gasteiger partial charge is 0.310 e. The predicted molar refractivity (Wildman–Crippen MR) is 83.3 cm³/mol. The van der Waals surface area contributed by atoms with Gasteiger partial charge >= 0.3 is 0 Å². The zero-order valence-electron chi connectivity index (χ0n) is 13.1. The molecule has 0 saturated heterocycles. The lowest BCUT2D eigenvalue weighted by Crippen LogP contribution is -2.32. The SMILES string of the molecule is CCCNC(c1ccc(C)cc1F)C1CCCC(C)C1. The lowest BCUT2D eigenvalue weighted by molar-refractivity contribution is 0.221. The van der Waals surface area contributed by atoms with Gasteiger partial charge in [0, 0.05) is 11.6 Å². The van der Waals surface area contributed by atoms with E-state index in [1.54, 1.807) is 6.07 Å².